The molecule has 2 heteroatoms. The maximum absolute atomic E-state index is 9.81. The predicted molar refractivity (Wildman–Crippen MR) is 76.8 cm³/mol. The summed E-state index contributed by atoms with van der Waals surface area (Å²) < 4.78 is 6.22. The lowest BCUT2D eigenvalue weighted by Gasteiger charge is -2.49. The van der Waals surface area contributed by atoms with E-state index in [1.165, 1.54) is 17.5 Å². The first kappa shape index (κ1) is 12.8. The van der Waals surface area contributed by atoms with Crippen molar-refractivity contribution in [1.29, 1.82) is 0 Å². The number of rotatable bonds is 1. The van der Waals surface area contributed by atoms with Crippen molar-refractivity contribution >= 4 is 0 Å². The maximum Gasteiger partial charge on any atom is 0.127 e. The zero-order valence-electron chi connectivity index (χ0n) is 12.4. The fraction of sp³-hybridized carbons (Fsp3) is 0.647. The second-order valence-corrected chi connectivity index (χ2v) is 6.98. The Morgan fingerprint density at radius 3 is 2.79 bits per heavy atom. The average molecular weight is 260 g/mol. The fourth-order valence-corrected chi connectivity index (χ4v) is 4.17. The molecule has 19 heavy (non-hydrogen) atoms. The fourth-order valence-electron chi connectivity index (χ4n) is 4.17. The molecule has 3 atom stereocenters. The lowest BCUT2D eigenvalue weighted by atomic mass is 9.64. The summed E-state index contributed by atoms with van der Waals surface area (Å²) in [6, 6.07) is 3.67. The molecule has 1 N–H and O–H groups in total. The number of aromatic hydroxyl groups is 1. The van der Waals surface area contributed by atoms with Gasteiger partial charge in [-0.3, -0.25) is 0 Å². The Morgan fingerprint density at radius 1 is 1.37 bits per heavy atom. The van der Waals surface area contributed by atoms with Crippen LogP contribution in [0.5, 0.6) is 11.5 Å². The van der Waals surface area contributed by atoms with E-state index >= 15 is 0 Å². The summed E-state index contributed by atoms with van der Waals surface area (Å²) in [5, 5.41) is 9.81. The SMILES string of the molecule is Cc1cc(O)cc2c1C1CC(C)(CCC1C(C)C)O2. The Hall–Kier alpha value is -1.18. The van der Waals surface area contributed by atoms with Crippen molar-refractivity contribution in [3.8, 4) is 11.5 Å². The van der Waals surface area contributed by atoms with E-state index in [-0.39, 0.29) is 5.60 Å². The lowest BCUT2D eigenvalue weighted by molar-refractivity contribution is -0.00809. The van der Waals surface area contributed by atoms with E-state index in [0.717, 1.165) is 24.5 Å². The quantitative estimate of drug-likeness (QED) is 0.811. The smallest absolute Gasteiger partial charge is 0.127 e. The number of phenols is 1. The average Bonchev–Trinajstić information content (AvgIpc) is 2.25. The van der Waals surface area contributed by atoms with E-state index in [2.05, 4.69) is 27.7 Å². The van der Waals surface area contributed by atoms with Gasteiger partial charge >= 0.3 is 0 Å². The summed E-state index contributed by atoms with van der Waals surface area (Å²) in [6.45, 7) is 8.98. The molecule has 1 saturated carbocycles. The lowest BCUT2D eigenvalue weighted by Crippen LogP contribution is -2.45. The zero-order valence-corrected chi connectivity index (χ0v) is 12.4. The summed E-state index contributed by atoms with van der Waals surface area (Å²) in [5.74, 6) is 3.26. The van der Waals surface area contributed by atoms with E-state index in [1.807, 2.05) is 6.07 Å². The molecule has 0 spiro atoms. The minimum absolute atomic E-state index is 0.0384. The molecule has 0 radical (unpaired) electrons. The standard InChI is InChI=1S/C17H24O2/c1-10(2)13-5-6-17(4)9-14(13)16-11(3)7-12(18)8-15(16)19-17/h7-8,10,13-14,18H,5-6,9H2,1-4H3. The Labute approximate surface area is 115 Å². The van der Waals surface area contributed by atoms with E-state index in [9.17, 15) is 5.11 Å². The first-order valence-corrected chi connectivity index (χ1v) is 7.42. The molecule has 1 aliphatic heterocycles. The van der Waals surface area contributed by atoms with Crippen molar-refractivity contribution in [3.63, 3.8) is 0 Å². The Balaban J connectivity index is 2.12. The van der Waals surface area contributed by atoms with Gasteiger partial charge in [-0.2, -0.15) is 0 Å². The van der Waals surface area contributed by atoms with Crippen molar-refractivity contribution in [2.24, 2.45) is 11.8 Å². The van der Waals surface area contributed by atoms with Crippen LogP contribution < -0.4 is 4.74 Å². The molecular formula is C17H24O2. The number of ether oxygens (including phenoxy) is 1. The Kier molecular flexibility index (Phi) is 2.81. The molecule has 1 aromatic carbocycles. The van der Waals surface area contributed by atoms with Gasteiger partial charge in [-0.1, -0.05) is 13.8 Å². The highest BCUT2D eigenvalue weighted by atomic mass is 16.5. The van der Waals surface area contributed by atoms with Crippen molar-refractivity contribution in [1.82, 2.24) is 0 Å². The van der Waals surface area contributed by atoms with Crippen LogP contribution in [0, 0.1) is 18.8 Å². The molecule has 2 bridgehead atoms. The van der Waals surface area contributed by atoms with Gasteiger partial charge < -0.3 is 9.84 Å². The van der Waals surface area contributed by atoms with Gasteiger partial charge in [-0.25, -0.2) is 0 Å². The molecule has 0 aromatic heterocycles. The molecule has 0 amide bonds. The van der Waals surface area contributed by atoms with Crippen LogP contribution in [0.4, 0.5) is 0 Å². The number of phenolic OH excluding ortho intramolecular Hbond substituents is 1. The van der Waals surface area contributed by atoms with Crippen LogP contribution in [-0.2, 0) is 0 Å². The van der Waals surface area contributed by atoms with Gasteiger partial charge in [-0.05, 0) is 62.5 Å². The van der Waals surface area contributed by atoms with Crippen LogP contribution in [0.25, 0.3) is 0 Å². The van der Waals surface area contributed by atoms with Gasteiger partial charge in [0.2, 0.25) is 0 Å². The highest BCUT2D eigenvalue weighted by molar-refractivity contribution is 5.50. The molecule has 104 valence electrons. The first-order valence-electron chi connectivity index (χ1n) is 7.42. The van der Waals surface area contributed by atoms with Crippen molar-refractivity contribution in [2.45, 2.75) is 58.5 Å². The van der Waals surface area contributed by atoms with Gasteiger partial charge in [0.1, 0.15) is 17.1 Å². The molecule has 2 aliphatic rings. The normalized spacial score (nSPS) is 32.9. The van der Waals surface area contributed by atoms with Gasteiger partial charge in [0.25, 0.3) is 0 Å². The molecule has 3 rings (SSSR count). The predicted octanol–water partition coefficient (Wildman–Crippen LogP) is 4.39. The molecule has 0 saturated heterocycles. The summed E-state index contributed by atoms with van der Waals surface area (Å²) in [4.78, 5) is 0. The minimum atomic E-state index is -0.0384. The summed E-state index contributed by atoms with van der Waals surface area (Å²) in [7, 11) is 0. The number of aryl methyl sites for hydroxylation is 1. The minimum Gasteiger partial charge on any atom is -0.508 e. The molecule has 1 heterocycles. The number of fused-ring (bicyclic) bond motifs is 4. The number of hydrogen-bond donors (Lipinski definition) is 1. The third kappa shape index (κ3) is 2.01. The molecular weight excluding hydrogens is 236 g/mol. The first-order chi connectivity index (χ1) is 8.89. The summed E-state index contributed by atoms with van der Waals surface area (Å²) >= 11 is 0. The van der Waals surface area contributed by atoms with Crippen LogP contribution in [0.1, 0.15) is 57.1 Å². The third-order valence-electron chi connectivity index (χ3n) is 5.09. The summed E-state index contributed by atoms with van der Waals surface area (Å²) in [6.07, 6.45) is 3.49. The van der Waals surface area contributed by atoms with Gasteiger partial charge in [-0.15, -0.1) is 0 Å². The van der Waals surface area contributed by atoms with Gasteiger partial charge in [0.15, 0.2) is 0 Å². The van der Waals surface area contributed by atoms with Gasteiger partial charge in [0, 0.05) is 11.6 Å². The van der Waals surface area contributed by atoms with Crippen molar-refractivity contribution in [3.05, 3.63) is 23.3 Å². The highest BCUT2D eigenvalue weighted by Gasteiger charge is 2.46. The molecule has 2 nitrogen and oxygen atoms in total. The molecule has 1 fully saturated rings. The Morgan fingerprint density at radius 2 is 2.11 bits per heavy atom. The topological polar surface area (TPSA) is 29.5 Å². The van der Waals surface area contributed by atoms with Crippen LogP contribution in [0.2, 0.25) is 0 Å². The van der Waals surface area contributed by atoms with Crippen LogP contribution in [-0.4, -0.2) is 10.7 Å². The Bertz CT molecular complexity index is 506. The molecule has 1 aliphatic carbocycles. The van der Waals surface area contributed by atoms with E-state index in [1.54, 1.807) is 6.07 Å². The number of benzene rings is 1. The van der Waals surface area contributed by atoms with E-state index in [4.69, 9.17) is 4.74 Å². The largest absolute Gasteiger partial charge is 0.508 e. The van der Waals surface area contributed by atoms with E-state index in [0.29, 0.717) is 17.6 Å². The van der Waals surface area contributed by atoms with Crippen molar-refractivity contribution in [2.75, 3.05) is 0 Å². The monoisotopic (exact) mass is 260 g/mol. The zero-order chi connectivity index (χ0) is 13.8. The van der Waals surface area contributed by atoms with Gasteiger partial charge in [0.05, 0.1) is 0 Å². The number of hydrogen-bond acceptors (Lipinski definition) is 2. The van der Waals surface area contributed by atoms with Crippen LogP contribution in [0.3, 0.4) is 0 Å². The molecule has 3 unspecified atom stereocenters. The third-order valence-corrected chi connectivity index (χ3v) is 5.09. The highest BCUT2D eigenvalue weighted by Crippen LogP contribution is 2.54. The maximum atomic E-state index is 9.81. The molecule has 1 aromatic rings. The van der Waals surface area contributed by atoms with Crippen LogP contribution in [0.15, 0.2) is 12.1 Å². The second-order valence-electron chi connectivity index (χ2n) is 6.98. The second kappa shape index (κ2) is 4.16. The van der Waals surface area contributed by atoms with E-state index < -0.39 is 0 Å². The van der Waals surface area contributed by atoms with Crippen molar-refractivity contribution < 1.29 is 9.84 Å². The van der Waals surface area contributed by atoms with Crippen LogP contribution >= 0.6 is 0 Å². The summed E-state index contributed by atoms with van der Waals surface area (Å²) in [5.41, 5.74) is 2.48.